The van der Waals surface area contributed by atoms with Crippen LogP contribution >= 0.6 is 0 Å². The van der Waals surface area contributed by atoms with Crippen molar-refractivity contribution < 1.29 is 19.1 Å². The molecule has 0 bridgehead atoms. The number of halogens is 1. The summed E-state index contributed by atoms with van der Waals surface area (Å²) in [5.74, 6) is -0.642. The Balaban J connectivity index is 1.70. The van der Waals surface area contributed by atoms with Crippen LogP contribution in [0.25, 0.3) is 0 Å². The van der Waals surface area contributed by atoms with Crippen LogP contribution in [0.1, 0.15) is 36.4 Å². The SMILES string of the molecule is Cc1cc(C(NC(=O)C2CC2C2CC2)C(=O)O)ccc1F. The summed E-state index contributed by atoms with van der Waals surface area (Å²) in [4.78, 5) is 23.5. The Morgan fingerprint density at radius 3 is 2.67 bits per heavy atom. The van der Waals surface area contributed by atoms with Gasteiger partial charge in [-0.2, -0.15) is 0 Å². The minimum atomic E-state index is -1.13. The van der Waals surface area contributed by atoms with Crippen LogP contribution in [0.15, 0.2) is 18.2 Å². The second-order valence-corrected chi connectivity index (χ2v) is 6.13. The molecule has 1 aromatic rings. The monoisotopic (exact) mass is 291 g/mol. The maximum absolute atomic E-state index is 13.3. The molecular weight excluding hydrogens is 273 g/mol. The summed E-state index contributed by atoms with van der Waals surface area (Å²) in [7, 11) is 0. The van der Waals surface area contributed by atoms with Gasteiger partial charge >= 0.3 is 5.97 Å². The third kappa shape index (κ3) is 2.91. The number of carboxylic acid groups (broad SMARTS) is 1. The highest BCUT2D eigenvalue weighted by molar-refractivity contribution is 5.87. The predicted molar refractivity (Wildman–Crippen MR) is 74.0 cm³/mol. The van der Waals surface area contributed by atoms with E-state index in [4.69, 9.17) is 0 Å². The Morgan fingerprint density at radius 2 is 2.10 bits per heavy atom. The lowest BCUT2D eigenvalue weighted by Crippen LogP contribution is -2.35. The molecule has 0 aliphatic heterocycles. The first-order chi connectivity index (χ1) is 9.97. The zero-order valence-electron chi connectivity index (χ0n) is 11.8. The summed E-state index contributed by atoms with van der Waals surface area (Å²) in [5.41, 5.74) is 0.772. The first kappa shape index (κ1) is 14.0. The summed E-state index contributed by atoms with van der Waals surface area (Å²) in [6.07, 6.45) is 3.24. The predicted octanol–water partition coefficient (Wildman–Crippen LogP) is 2.42. The molecule has 21 heavy (non-hydrogen) atoms. The zero-order valence-corrected chi connectivity index (χ0v) is 11.8. The van der Waals surface area contributed by atoms with Crippen molar-refractivity contribution in [3.8, 4) is 0 Å². The van der Waals surface area contributed by atoms with E-state index in [9.17, 15) is 19.1 Å². The second kappa shape index (κ2) is 5.13. The number of aryl methyl sites for hydroxylation is 1. The van der Waals surface area contributed by atoms with Crippen LogP contribution < -0.4 is 5.32 Å². The molecular formula is C16H18FNO3. The van der Waals surface area contributed by atoms with Gasteiger partial charge in [0.25, 0.3) is 0 Å². The van der Waals surface area contributed by atoms with Crippen LogP contribution in [0.5, 0.6) is 0 Å². The highest BCUT2D eigenvalue weighted by Gasteiger charge is 2.51. The van der Waals surface area contributed by atoms with Crippen molar-refractivity contribution in [2.24, 2.45) is 17.8 Å². The van der Waals surface area contributed by atoms with Crippen molar-refractivity contribution in [2.45, 2.75) is 32.2 Å². The maximum atomic E-state index is 13.3. The van der Waals surface area contributed by atoms with Gasteiger partial charge in [0.05, 0.1) is 0 Å². The van der Waals surface area contributed by atoms with Crippen LogP contribution in [-0.4, -0.2) is 17.0 Å². The van der Waals surface area contributed by atoms with Gasteiger partial charge in [0, 0.05) is 5.92 Å². The topological polar surface area (TPSA) is 66.4 Å². The third-order valence-electron chi connectivity index (χ3n) is 4.45. The second-order valence-electron chi connectivity index (χ2n) is 6.13. The number of aliphatic carboxylic acids is 1. The molecule has 2 N–H and O–H groups in total. The molecule has 2 saturated carbocycles. The lowest BCUT2D eigenvalue weighted by atomic mass is 10.0. The molecule has 2 fully saturated rings. The summed E-state index contributed by atoms with van der Waals surface area (Å²) in [6.45, 7) is 1.57. The van der Waals surface area contributed by atoms with Crippen LogP contribution in [-0.2, 0) is 9.59 Å². The lowest BCUT2D eigenvalue weighted by molar-refractivity contribution is -0.142. The summed E-state index contributed by atoms with van der Waals surface area (Å²) in [5, 5.41) is 11.9. The first-order valence-corrected chi connectivity index (χ1v) is 7.26. The Hall–Kier alpha value is -1.91. The molecule has 2 aliphatic rings. The van der Waals surface area contributed by atoms with E-state index in [2.05, 4.69) is 5.32 Å². The van der Waals surface area contributed by atoms with E-state index in [-0.39, 0.29) is 17.6 Å². The van der Waals surface area contributed by atoms with Crippen molar-refractivity contribution in [3.63, 3.8) is 0 Å². The van der Waals surface area contributed by atoms with E-state index < -0.39 is 12.0 Å². The van der Waals surface area contributed by atoms with Gasteiger partial charge in [0.15, 0.2) is 6.04 Å². The molecule has 0 aromatic heterocycles. The van der Waals surface area contributed by atoms with Crippen molar-refractivity contribution in [2.75, 3.05) is 0 Å². The fourth-order valence-electron chi connectivity index (χ4n) is 2.95. The Labute approximate surface area is 122 Å². The molecule has 3 rings (SSSR count). The zero-order chi connectivity index (χ0) is 15.1. The number of carbonyl (C=O) groups is 2. The highest BCUT2D eigenvalue weighted by Crippen LogP contribution is 2.54. The molecule has 0 spiro atoms. The summed E-state index contributed by atoms with van der Waals surface area (Å²) in [6, 6.07) is 3.00. The van der Waals surface area contributed by atoms with Gasteiger partial charge in [-0.3, -0.25) is 4.79 Å². The Bertz CT molecular complexity index is 597. The van der Waals surface area contributed by atoms with Crippen molar-refractivity contribution >= 4 is 11.9 Å². The molecule has 1 aromatic carbocycles. The van der Waals surface area contributed by atoms with E-state index in [0.717, 1.165) is 6.42 Å². The number of hydrogen-bond donors (Lipinski definition) is 2. The van der Waals surface area contributed by atoms with E-state index in [0.29, 0.717) is 23.0 Å². The number of hydrogen-bond acceptors (Lipinski definition) is 2. The minimum Gasteiger partial charge on any atom is -0.479 e. The minimum absolute atomic E-state index is 0.0408. The molecule has 5 heteroatoms. The van der Waals surface area contributed by atoms with Gasteiger partial charge in [0.2, 0.25) is 5.91 Å². The van der Waals surface area contributed by atoms with Gasteiger partial charge < -0.3 is 10.4 Å². The molecule has 4 nitrogen and oxygen atoms in total. The van der Waals surface area contributed by atoms with Gasteiger partial charge in [-0.1, -0.05) is 12.1 Å². The summed E-state index contributed by atoms with van der Waals surface area (Å²) < 4.78 is 13.3. The van der Waals surface area contributed by atoms with Gasteiger partial charge in [-0.25, -0.2) is 9.18 Å². The van der Waals surface area contributed by atoms with Crippen molar-refractivity contribution in [3.05, 3.63) is 35.1 Å². The molecule has 0 radical (unpaired) electrons. The van der Waals surface area contributed by atoms with Crippen molar-refractivity contribution in [1.82, 2.24) is 5.32 Å². The fraction of sp³-hybridized carbons (Fsp3) is 0.500. The normalized spacial score (nSPS) is 25.2. The Morgan fingerprint density at radius 1 is 1.38 bits per heavy atom. The smallest absolute Gasteiger partial charge is 0.330 e. The summed E-state index contributed by atoms with van der Waals surface area (Å²) >= 11 is 0. The molecule has 2 aliphatic carbocycles. The van der Waals surface area contributed by atoms with E-state index in [1.807, 2.05) is 0 Å². The number of benzene rings is 1. The average molecular weight is 291 g/mol. The van der Waals surface area contributed by atoms with Gasteiger partial charge in [0.1, 0.15) is 5.82 Å². The number of nitrogens with one attached hydrogen (secondary N) is 1. The average Bonchev–Trinajstić information content (AvgIpc) is 3.27. The quantitative estimate of drug-likeness (QED) is 0.875. The fourth-order valence-corrected chi connectivity index (χ4v) is 2.95. The molecule has 112 valence electrons. The number of amides is 1. The highest BCUT2D eigenvalue weighted by atomic mass is 19.1. The van der Waals surface area contributed by atoms with Gasteiger partial charge in [-0.05, 0) is 55.2 Å². The lowest BCUT2D eigenvalue weighted by Gasteiger charge is -2.15. The maximum Gasteiger partial charge on any atom is 0.330 e. The van der Waals surface area contributed by atoms with Crippen LogP contribution in [0, 0.1) is 30.5 Å². The van der Waals surface area contributed by atoms with E-state index >= 15 is 0 Å². The van der Waals surface area contributed by atoms with Crippen LogP contribution in [0.4, 0.5) is 4.39 Å². The molecule has 3 atom stereocenters. The molecule has 0 saturated heterocycles. The largest absolute Gasteiger partial charge is 0.479 e. The van der Waals surface area contributed by atoms with Crippen LogP contribution in [0.2, 0.25) is 0 Å². The molecule has 1 amide bonds. The first-order valence-electron chi connectivity index (χ1n) is 7.26. The molecule has 0 heterocycles. The van der Waals surface area contributed by atoms with Crippen LogP contribution in [0.3, 0.4) is 0 Å². The number of carbonyl (C=O) groups excluding carboxylic acids is 1. The number of carboxylic acids is 1. The van der Waals surface area contributed by atoms with E-state index in [1.54, 1.807) is 6.92 Å². The van der Waals surface area contributed by atoms with Crippen molar-refractivity contribution in [1.29, 1.82) is 0 Å². The van der Waals surface area contributed by atoms with E-state index in [1.165, 1.54) is 31.0 Å². The Kier molecular flexibility index (Phi) is 3.43. The number of rotatable bonds is 5. The third-order valence-corrected chi connectivity index (χ3v) is 4.45. The standard InChI is InChI=1S/C16H18FNO3/c1-8-6-10(4-5-13(8)17)14(16(20)21)18-15(19)12-7-11(12)9-2-3-9/h4-6,9,11-12,14H,2-3,7H2,1H3,(H,18,19)(H,20,21). The molecule has 3 unspecified atom stereocenters. The van der Waals surface area contributed by atoms with Gasteiger partial charge in [-0.15, -0.1) is 0 Å².